The van der Waals surface area contributed by atoms with Gasteiger partial charge in [-0.3, -0.25) is 14.7 Å². The van der Waals surface area contributed by atoms with Crippen molar-refractivity contribution in [3.63, 3.8) is 0 Å². The number of nitrogens with one attached hydrogen (secondary N) is 2. The van der Waals surface area contributed by atoms with Crippen LogP contribution in [-0.4, -0.2) is 68.8 Å². The number of benzene rings is 1. The second kappa shape index (κ2) is 9.48. The Labute approximate surface area is 196 Å². The van der Waals surface area contributed by atoms with Crippen LogP contribution in [0.2, 0.25) is 0 Å². The van der Waals surface area contributed by atoms with E-state index in [9.17, 15) is 9.59 Å². The largest absolute Gasteiger partial charge is 0.450 e. The molecule has 0 radical (unpaired) electrons. The highest BCUT2D eigenvalue weighted by Crippen LogP contribution is 2.25. The van der Waals surface area contributed by atoms with Gasteiger partial charge in [0.2, 0.25) is 0 Å². The Morgan fingerprint density at radius 1 is 1.06 bits per heavy atom. The first kappa shape index (κ1) is 21.8. The summed E-state index contributed by atoms with van der Waals surface area (Å²) in [5.74, 6) is 0. The van der Waals surface area contributed by atoms with E-state index in [1.54, 1.807) is 23.4 Å². The number of piperazine rings is 1. The van der Waals surface area contributed by atoms with Crippen molar-refractivity contribution < 1.29 is 9.53 Å². The van der Waals surface area contributed by atoms with Crippen molar-refractivity contribution in [3.05, 3.63) is 70.8 Å². The minimum Gasteiger partial charge on any atom is -0.450 e. The third-order valence-corrected chi connectivity index (χ3v) is 6.06. The van der Waals surface area contributed by atoms with Crippen LogP contribution in [-0.2, 0) is 11.3 Å². The smallest absolute Gasteiger partial charge is 0.409 e. The van der Waals surface area contributed by atoms with E-state index in [0.29, 0.717) is 31.0 Å². The molecule has 1 aliphatic rings. The number of pyridine rings is 1. The molecule has 2 N–H and O–H groups in total. The molecule has 0 aliphatic carbocycles. The van der Waals surface area contributed by atoms with Crippen LogP contribution in [0.4, 0.5) is 4.79 Å². The number of hydrogen-bond acceptors (Lipinski definition) is 6. The lowest BCUT2D eigenvalue weighted by molar-refractivity contribution is 0.0778. The summed E-state index contributed by atoms with van der Waals surface area (Å²) in [6, 6.07) is 13.8. The van der Waals surface area contributed by atoms with Crippen LogP contribution in [0.1, 0.15) is 12.5 Å². The topological polar surface area (TPSA) is 107 Å². The molecule has 1 saturated heterocycles. The van der Waals surface area contributed by atoms with Crippen LogP contribution in [0.5, 0.6) is 0 Å². The normalized spacial score (nSPS) is 14.4. The SMILES string of the molecule is CCOC(=O)N1CCN(Cc2ccc3[nH]c(-c4cc(-c5ccncc5)n[nH]c4=O)cc3c2)CC1. The van der Waals surface area contributed by atoms with Crippen molar-refractivity contribution in [1.82, 2.24) is 30.0 Å². The average molecular weight is 459 g/mol. The van der Waals surface area contributed by atoms with Gasteiger partial charge in [-0.05, 0) is 48.9 Å². The fraction of sp³-hybridized carbons (Fsp3) is 0.280. The second-order valence-corrected chi connectivity index (χ2v) is 8.30. The lowest BCUT2D eigenvalue weighted by atomic mass is 10.1. The molecule has 0 bridgehead atoms. The van der Waals surface area contributed by atoms with E-state index in [0.717, 1.165) is 41.8 Å². The molecule has 0 unspecified atom stereocenters. The zero-order chi connectivity index (χ0) is 23.5. The van der Waals surface area contributed by atoms with Crippen molar-refractivity contribution in [2.45, 2.75) is 13.5 Å². The predicted molar refractivity (Wildman–Crippen MR) is 129 cm³/mol. The fourth-order valence-corrected chi connectivity index (χ4v) is 4.26. The Bertz CT molecular complexity index is 1360. The van der Waals surface area contributed by atoms with Gasteiger partial charge in [0.25, 0.3) is 5.56 Å². The second-order valence-electron chi connectivity index (χ2n) is 8.30. The molecule has 1 amide bonds. The number of aromatic nitrogens is 4. The van der Waals surface area contributed by atoms with E-state index in [1.165, 1.54) is 5.56 Å². The molecule has 1 aromatic carbocycles. The lowest BCUT2D eigenvalue weighted by Gasteiger charge is -2.34. The Kier molecular flexibility index (Phi) is 6.09. The highest BCUT2D eigenvalue weighted by molar-refractivity contribution is 5.86. The van der Waals surface area contributed by atoms with Gasteiger partial charge in [-0.2, -0.15) is 5.10 Å². The van der Waals surface area contributed by atoms with E-state index in [4.69, 9.17) is 4.74 Å². The summed E-state index contributed by atoms with van der Waals surface area (Å²) in [7, 11) is 0. The number of aromatic amines is 2. The van der Waals surface area contributed by atoms with E-state index in [1.807, 2.05) is 31.2 Å². The van der Waals surface area contributed by atoms with Crippen molar-refractivity contribution in [2.24, 2.45) is 0 Å². The zero-order valence-electron chi connectivity index (χ0n) is 19.0. The van der Waals surface area contributed by atoms with Gasteiger partial charge in [-0.1, -0.05) is 6.07 Å². The number of nitrogens with zero attached hydrogens (tertiary/aromatic N) is 4. The van der Waals surface area contributed by atoms with Gasteiger partial charge in [0.15, 0.2) is 0 Å². The minimum absolute atomic E-state index is 0.235. The third-order valence-electron chi connectivity index (χ3n) is 6.06. The van der Waals surface area contributed by atoms with Crippen LogP contribution in [0.25, 0.3) is 33.4 Å². The summed E-state index contributed by atoms with van der Waals surface area (Å²) >= 11 is 0. The Balaban J connectivity index is 1.33. The maximum Gasteiger partial charge on any atom is 0.409 e. The Morgan fingerprint density at radius 3 is 2.62 bits per heavy atom. The molecule has 0 atom stereocenters. The van der Waals surface area contributed by atoms with Crippen LogP contribution < -0.4 is 5.56 Å². The summed E-state index contributed by atoms with van der Waals surface area (Å²) < 4.78 is 5.10. The number of amides is 1. The predicted octanol–water partition coefficient (Wildman–Crippen LogP) is 3.25. The molecule has 4 aromatic rings. The first-order valence-electron chi connectivity index (χ1n) is 11.4. The number of rotatable bonds is 5. The Morgan fingerprint density at radius 2 is 1.85 bits per heavy atom. The highest BCUT2D eigenvalue weighted by Gasteiger charge is 2.22. The zero-order valence-corrected chi connectivity index (χ0v) is 19.0. The molecule has 5 rings (SSSR count). The molecule has 0 spiro atoms. The number of hydrogen-bond donors (Lipinski definition) is 2. The standard InChI is InChI=1S/C25H26N6O3/c1-2-34-25(33)31-11-9-30(10-12-31)16-17-3-4-21-19(13-17)14-23(27-21)20-15-22(28-29-24(20)32)18-5-7-26-8-6-18/h3-8,13-15,27H,2,9-12,16H2,1H3,(H,29,32). The van der Waals surface area contributed by atoms with E-state index < -0.39 is 0 Å². The molecule has 1 fully saturated rings. The van der Waals surface area contributed by atoms with Gasteiger partial charge in [0, 0.05) is 61.6 Å². The van der Waals surface area contributed by atoms with Crippen LogP contribution in [0.3, 0.4) is 0 Å². The lowest BCUT2D eigenvalue weighted by Crippen LogP contribution is -2.48. The number of H-pyrrole nitrogens is 2. The summed E-state index contributed by atoms with van der Waals surface area (Å²) in [5, 5.41) is 7.82. The van der Waals surface area contributed by atoms with Gasteiger partial charge in [-0.15, -0.1) is 0 Å². The number of ether oxygens (including phenoxy) is 1. The molecule has 0 saturated carbocycles. The van der Waals surface area contributed by atoms with Crippen LogP contribution >= 0.6 is 0 Å². The highest BCUT2D eigenvalue weighted by atomic mass is 16.6. The molecular formula is C25H26N6O3. The fourth-order valence-electron chi connectivity index (χ4n) is 4.26. The van der Waals surface area contributed by atoms with Gasteiger partial charge >= 0.3 is 6.09 Å². The average Bonchev–Trinajstić information content (AvgIpc) is 3.29. The molecule has 4 heterocycles. The molecule has 3 aromatic heterocycles. The van der Waals surface area contributed by atoms with Crippen LogP contribution in [0, 0.1) is 0 Å². The quantitative estimate of drug-likeness (QED) is 0.475. The number of carbonyl (C=O) groups excluding carboxylic acids is 1. The maximum absolute atomic E-state index is 12.5. The first-order chi connectivity index (χ1) is 16.6. The molecule has 1 aliphatic heterocycles. The van der Waals surface area contributed by atoms with Gasteiger partial charge in [0.1, 0.15) is 0 Å². The third kappa shape index (κ3) is 4.55. The van der Waals surface area contributed by atoms with Crippen molar-refractivity contribution in [2.75, 3.05) is 32.8 Å². The summed E-state index contributed by atoms with van der Waals surface area (Å²) in [4.78, 5) is 35.9. The minimum atomic E-state index is -0.246. The summed E-state index contributed by atoms with van der Waals surface area (Å²) in [6.45, 7) is 5.96. The van der Waals surface area contributed by atoms with E-state index in [2.05, 4.69) is 37.2 Å². The molecule has 34 heavy (non-hydrogen) atoms. The molecule has 174 valence electrons. The van der Waals surface area contributed by atoms with E-state index >= 15 is 0 Å². The number of fused-ring (bicyclic) bond motifs is 1. The molecule has 9 nitrogen and oxygen atoms in total. The van der Waals surface area contributed by atoms with E-state index in [-0.39, 0.29) is 11.7 Å². The summed E-state index contributed by atoms with van der Waals surface area (Å²) in [6.07, 6.45) is 3.16. The number of carbonyl (C=O) groups is 1. The maximum atomic E-state index is 12.5. The molecule has 9 heteroatoms. The monoisotopic (exact) mass is 458 g/mol. The van der Waals surface area contributed by atoms with Crippen LogP contribution in [0.15, 0.2) is 59.7 Å². The van der Waals surface area contributed by atoms with Gasteiger partial charge in [-0.25, -0.2) is 9.89 Å². The van der Waals surface area contributed by atoms with Gasteiger partial charge < -0.3 is 14.6 Å². The Hall–Kier alpha value is -3.98. The first-order valence-corrected chi connectivity index (χ1v) is 11.4. The van der Waals surface area contributed by atoms with Gasteiger partial charge in [0.05, 0.1) is 23.6 Å². The summed E-state index contributed by atoms with van der Waals surface area (Å²) in [5.41, 5.74) is 4.75. The van der Waals surface area contributed by atoms with Crippen molar-refractivity contribution in [3.8, 4) is 22.5 Å². The molecular weight excluding hydrogens is 432 g/mol. The van der Waals surface area contributed by atoms with Crippen molar-refractivity contribution >= 4 is 17.0 Å². The van der Waals surface area contributed by atoms with Crippen molar-refractivity contribution in [1.29, 1.82) is 0 Å².